The Labute approximate surface area is 258 Å². The van der Waals surface area contributed by atoms with Gasteiger partial charge in [-0.15, -0.1) is 0 Å². The average Bonchev–Trinajstić information content (AvgIpc) is 3.65. The van der Waals surface area contributed by atoms with Crippen LogP contribution in [-0.2, 0) is 21.3 Å². The van der Waals surface area contributed by atoms with E-state index in [9.17, 15) is 13.5 Å². The highest BCUT2D eigenvalue weighted by molar-refractivity contribution is 7.87. The van der Waals surface area contributed by atoms with Crippen LogP contribution in [-0.4, -0.2) is 45.2 Å². The van der Waals surface area contributed by atoms with Gasteiger partial charge in [0.25, 0.3) is 0 Å². The summed E-state index contributed by atoms with van der Waals surface area (Å²) in [6.45, 7) is 1.96. The number of hydrogen-bond acceptors (Lipinski definition) is 7. The van der Waals surface area contributed by atoms with Crippen molar-refractivity contribution in [3.05, 3.63) is 119 Å². The summed E-state index contributed by atoms with van der Waals surface area (Å²) < 4.78 is 50.3. The summed E-state index contributed by atoms with van der Waals surface area (Å²) in [4.78, 5) is 0. The van der Waals surface area contributed by atoms with E-state index < -0.39 is 27.6 Å². The maximum atomic E-state index is 13.7. The van der Waals surface area contributed by atoms with Crippen molar-refractivity contribution in [2.75, 3.05) is 14.2 Å². The maximum absolute atomic E-state index is 13.7. The number of para-hydroxylation sites is 1. The van der Waals surface area contributed by atoms with Crippen LogP contribution < -0.4 is 13.7 Å². The third-order valence-electron chi connectivity index (χ3n) is 8.16. The number of phenols is 1. The Kier molecular flexibility index (Phi) is 8.21. The third kappa shape index (κ3) is 5.83. The van der Waals surface area contributed by atoms with Crippen molar-refractivity contribution in [3.63, 3.8) is 0 Å². The second-order valence-electron chi connectivity index (χ2n) is 10.8. The molecule has 2 heterocycles. The van der Waals surface area contributed by atoms with Crippen molar-refractivity contribution in [2.45, 2.75) is 37.2 Å². The zero-order chi connectivity index (χ0) is 30.8. The first kappa shape index (κ1) is 29.5. The number of fused-ring (bicyclic) bond motifs is 2. The fraction of sp³-hybridized carbons (Fsp3) is 0.222. The van der Waals surface area contributed by atoms with Crippen LogP contribution in [0.15, 0.2) is 91.0 Å². The standard InChI is InChI=1S/C36H34O7S/c1-4-25-7-5-6-8-31(25)43-44(38,39)33-22-32-34(26-15-17-28(37)18-16-26)35(36(33)42-32)27-13-11-23(12-14-27)9-10-24-19-29(40-2)21-30(20-24)41-3/h5-21,32-33,36-37H,4,22H2,1-3H3/b10-9+. The number of phenolic OH excluding ortho intramolecular Hbond substituents is 1. The van der Waals surface area contributed by atoms with E-state index in [4.69, 9.17) is 18.4 Å². The molecule has 2 aliphatic rings. The van der Waals surface area contributed by atoms with Crippen molar-refractivity contribution in [1.29, 1.82) is 0 Å². The minimum Gasteiger partial charge on any atom is -0.508 e. The van der Waals surface area contributed by atoms with Gasteiger partial charge in [-0.25, -0.2) is 0 Å². The number of aromatic hydroxyl groups is 1. The van der Waals surface area contributed by atoms with E-state index >= 15 is 0 Å². The van der Waals surface area contributed by atoms with Crippen molar-refractivity contribution < 1.29 is 31.9 Å². The van der Waals surface area contributed by atoms with Crippen LogP contribution in [0.5, 0.6) is 23.0 Å². The first-order chi connectivity index (χ1) is 21.3. The highest BCUT2D eigenvalue weighted by Crippen LogP contribution is 2.51. The summed E-state index contributed by atoms with van der Waals surface area (Å²) in [6, 6.07) is 27.8. The van der Waals surface area contributed by atoms with E-state index in [0.29, 0.717) is 23.7 Å². The first-order valence-electron chi connectivity index (χ1n) is 14.5. The van der Waals surface area contributed by atoms with Gasteiger partial charge in [-0.3, -0.25) is 0 Å². The van der Waals surface area contributed by atoms with E-state index in [1.165, 1.54) is 0 Å². The molecule has 226 valence electrons. The molecule has 44 heavy (non-hydrogen) atoms. The molecule has 4 aromatic rings. The topological polar surface area (TPSA) is 91.3 Å². The van der Waals surface area contributed by atoms with E-state index in [0.717, 1.165) is 39.0 Å². The summed E-state index contributed by atoms with van der Waals surface area (Å²) in [6.07, 6.45) is 3.79. The smallest absolute Gasteiger partial charge is 0.315 e. The fourth-order valence-corrected chi connectivity index (χ4v) is 7.40. The van der Waals surface area contributed by atoms with Crippen LogP contribution in [0.25, 0.3) is 23.3 Å². The minimum atomic E-state index is -4.02. The van der Waals surface area contributed by atoms with E-state index in [1.54, 1.807) is 38.5 Å². The predicted octanol–water partition coefficient (Wildman–Crippen LogP) is 7.00. The number of benzene rings is 4. The molecule has 3 atom stereocenters. The molecular formula is C36H34O7S. The van der Waals surface area contributed by atoms with Crippen LogP contribution in [0.2, 0.25) is 0 Å². The second kappa shape index (κ2) is 12.2. The lowest BCUT2D eigenvalue weighted by Crippen LogP contribution is -2.35. The summed E-state index contributed by atoms with van der Waals surface area (Å²) in [5, 5.41) is 9.04. The quantitative estimate of drug-likeness (QED) is 0.153. The third-order valence-corrected chi connectivity index (χ3v) is 9.76. The molecule has 2 aliphatic heterocycles. The lowest BCUT2D eigenvalue weighted by atomic mass is 9.83. The van der Waals surface area contributed by atoms with Gasteiger partial charge in [-0.2, -0.15) is 8.42 Å². The Bertz CT molecular complexity index is 1800. The van der Waals surface area contributed by atoms with Crippen molar-refractivity contribution in [1.82, 2.24) is 0 Å². The molecule has 2 bridgehead atoms. The SMILES string of the molecule is CCc1ccccc1OS(=O)(=O)C1CC2OC1C(c1ccc(/C=C/c3cc(OC)cc(OC)c3)cc1)=C2c1ccc(O)cc1. The normalized spacial score (nSPS) is 19.5. The molecule has 7 nitrogen and oxygen atoms in total. The van der Waals surface area contributed by atoms with Crippen LogP contribution in [0.4, 0.5) is 0 Å². The number of rotatable bonds is 10. The second-order valence-corrected chi connectivity index (χ2v) is 12.6. The molecule has 3 unspecified atom stereocenters. The van der Waals surface area contributed by atoms with Gasteiger partial charge in [-0.05, 0) is 75.7 Å². The molecule has 4 aromatic carbocycles. The van der Waals surface area contributed by atoms with Crippen LogP contribution in [0.1, 0.15) is 41.2 Å². The number of ether oxygens (including phenoxy) is 3. The molecule has 1 fully saturated rings. The summed E-state index contributed by atoms with van der Waals surface area (Å²) in [5.41, 5.74) is 6.24. The van der Waals surface area contributed by atoms with Crippen LogP contribution >= 0.6 is 0 Å². The highest BCUT2D eigenvalue weighted by Gasteiger charge is 2.53. The average molecular weight is 611 g/mol. The molecule has 0 aromatic heterocycles. The highest BCUT2D eigenvalue weighted by atomic mass is 32.2. The van der Waals surface area contributed by atoms with Gasteiger partial charge >= 0.3 is 10.1 Å². The Morgan fingerprint density at radius 1 is 0.818 bits per heavy atom. The predicted molar refractivity (Wildman–Crippen MR) is 172 cm³/mol. The van der Waals surface area contributed by atoms with Crippen molar-refractivity contribution in [3.8, 4) is 23.0 Å². The molecule has 8 heteroatoms. The zero-order valence-electron chi connectivity index (χ0n) is 24.8. The van der Waals surface area contributed by atoms with Gasteiger partial charge in [0.1, 0.15) is 34.4 Å². The molecule has 0 amide bonds. The molecule has 1 N–H and O–H groups in total. The molecule has 6 rings (SSSR count). The van der Waals surface area contributed by atoms with Gasteiger partial charge in [-0.1, -0.05) is 73.7 Å². The maximum Gasteiger partial charge on any atom is 0.315 e. The Morgan fingerprint density at radius 3 is 2.09 bits per heavy atom. The molecule has 1 saturated heterocycles. The Hall–Kier alpha value is -4.53. The van der Waals surface area contributed by atoms with Crippen LogP contribution in [0, 0.1) is 0 Å². The van der Waals surface area contributed by atoms with Crippen molar-refractivity contribution >= 4 is 33.4 Å². The number of aryl methyl sites for hydroxylation is 1. The zero-order valence-corrected chi connectivity index (χ0v) is 25.6. The summed E-state index contributed by atoms with van der Waals surface area (Å²) >= 11 is 0. The van der Waals surface area contributed by atoms with E-state index in [-0.39, 0.29) is 12.2 Å². The molecule has 0 aliphatic carbocycles. The van der Waals surface area contributed by atoms with Crippen LogP contribution in [0.3, 0.4) is 0 Å². The largest absolute Gasteiger partial charge is 0.508 e. The van der Waals surface area contributed by atoms with Gasteiger partial charge in [0.2, 0.25) is 0 Å². The summed E-state index contributed by atoms with van der Waals surface area (Å²) in [7, 11) is -0.782. The van der Waals surface area contributed by atoms with Gasteiger partial charge < -0.3 is 23.5 Å². The van der Waals surface area contributed by atoms with Gasteiger partial charge in [0.05, 0.1) is 20.3 Å². The molecule has 0 saturated carbocycles. The van der Waals surface area contributed by atoms with Gasteiger partial charge in [0.15, 0.2) is 0 Å². The van der Waals surface area contributed by atoms with Crippen molar-refractivity contribution in [2.24, 2.45) is 0 Å². The Morgan fingerprint density at radius 2 is 1.43 bits per heavy atom. The lowest BCUT2D eigenvalue weighted by Gasteiger charge is -2.25. The molecular weight excluding hydrogens is 576 g/mol. The minimum absolute atomic E-state index is 0.160. The lowest BCUT2D eigenvalue weighted by molar-refractivity contribution is 0.128. The monoisotopic (exact) mass is 610 g/mol. The Balaban J connectivity index is 1.33. The first-order valence-corrected chi connectivity index (χ1v) is 16.0. The van der Waals surface area contributed by atoms with E-state index in [2.05, 4.69) is 0 Å². The number of hydrogen-bond donors (Lipinski definition) is 1. The van der Waals surface area contributed by atoms with E-state index in [1.807, 2.05) is 85.8 Å². The summed E-state index contributed by atoms with van der Waals surface area (Å²) in [5.74, 6) is 1.92. The number of methoxy groups -OCH3 is 2. The fourth-order valence-electron chi connectivity index (χ4n) is 5.95. The molecule has 0 radical (unpaired) electrons. The van der Waals surface area contributed by atoms with Gasteiger partial charge in [0, 0.05) is 12.5 Å². The molecule has 0 spiro atoms.